The Kier molecular flexibility index (Phi) is 5.93. The number of hydrogen-bond acceptors (Lipinski definition) is 5. The fourth-order valence-electron chi connectivity index (χ4n) is 2.73. The van der Waals surface area contributed by atoms with E-state index in [0.29, 0.717) is 21.2 Å². The zero-order chi connectivity index (χ0) is 19.4. The van der Waals surface area contributed by atoms with Crippen LogP contribution in [-0.4, -0.2) is 39.3 Å². The smallest absolute Gasteiger partial charge is 0.216 e. The molecule has 0 amide bonds. The molecule has 0 fully saturated rings. The summed E-state index contributed by atoms with van der Waals surface area (Å²) in [6.07, 6.45) is 1.56. The van der Waals surface area contributed by atoms with E-state index in [2.05, 4.69) is 34.0 Å². The highest BCUT2D eigenvalue weighted by Crippen LogP contribution is 2.24. The predicted molar refractivity (Wildman–Crippen MR) is 113 cm³/mol. The minimum Gasteiger partial charge on any atom is -0.507 e. The number of hydrogen-bond donors (Lipinski definition) is 2. The van der Waals surface area contributed by atoms with Crippen molar-refractivity contribution in [3.8, 4) is 17.1 Å². The number of benzene rings is 2. The molecule has 0 unspecified atom stereocenters. The molecule has 3 aromatic rings. The van der Waals surface area contributed by atoms with Gasteiger partial charge in [0.05, 0.1) is 6.21 Å². The van der Waals surface area contributed by atoms with Crippen LogP contribution in [0.15, 0.2) is 47.6 Å². The lowest BCUT2D eigenvalue weighted by atomic mass is 10.2. The van der Waals surface area contributed by atoms with Gasteiger partial charge in [-0.15, -0.1) is 0 Å². The molecule has 3 rings (SSSR count). The molecule has 1 aromatic heterocycles. The maximum atomic E-state index is 10.4. The third kappa shape index (κ3) is 4.20. The Morgan fingerprint density at radius 3 is 2.56 bits per heavy atom. The number of phenols is 1. The molecule has 0 saturated carbocycles. The molecule has 0 spiro atoms. The van der Waals surface area contributed by atoms with Crippen molar-refractivity contribution >= 4 is 35.7 Å². The molecule has 0 saturated heterocycles. The molecule has 0 aliphatic heterocycles. The van der Waals surface area contributed by atoms with Crippen molar-refractivity contribution in [3.05, 3.63) is 57.8 Å². The van der Waals surface area contributed by atoms with Gasteiger partial charge in [0.1, 0.15) is 5.75 Å². The van der Waals surface area contributed by atoms with Crippen LogP contribution in [-0.2, 0) is 0 Å². The van der Waals surface area contributed by atoms with Gasteiger partial charge >= 0.3 is 0 Å². The first-order chi connectivity index (χ1) is 13.0. The Labute approximate surface area is 167 Å². The SMILES string of the molecule is CCN(CC)c1ccc(/C=N\n2c(-c3ccc(Cl)cc3)n[nH]c2=S)c(O)c1. The maximum absolute atomic E-state index is 10.4. The standard InChI is InChI=1S/C19H20ClN5OS/c1-3-24(4-2)16-10-7-14(17(26)11-16)12-21-25-18(22-23-19(25)27)13-5-8-15(20)9-6-13/h5-12,26H,3-4H2,1-2H3,(H,23,27)/b21-12-. The topological polar surface area (TPSA) is 69.4 Å². The summed E-state index contributed by atoms with van der Waals surface area (Å²) in [6.45, 7) is 5.90. The van der Waals surface area contributed by atoms with Crippen molar-refractivity contribution < 1.29 is 5.11 Å². The lowest BCUT2D eigenvalue weighted by Crippen LogP contribution is -2.21. The molecule has 0 aliphatic rings. The van der Waals surface area contributed by atoms with Crippen LogP contribution in [0.4, 0.5) is 5.69 Å². The Morgan fingerprint density at radius 1 is 1.22 bits per heavy atom. The second-order valence-electron chi connectivity index (χ2n) is 5.83. The number of anilines is 1. The second kappa shape index (κ2) is 8.37. The molecule has 1 heterocycles. The fourth-order valence-corrected chi connectivity index (χ4v) is 3.04. The van der Waals surface area contributed by atoms with Gasteiger partial charge in [-0.1, -0.05) is 11.6 Å². The van der Waals surface area contributed by atoms with Gasteiger partial charge in [-0.2, -0.15) is 14.9 Å². The number of aromatic nitrogens is 3. The van der Waals surface area contributed by atoms with Gasteiger partial charge < -0.3 is 10.0 Å². The lowest BCUT2D eigenvalue weighted by Gasteiger charge is -2.21. The van der Waals surface area contributed by atoms with Crippen LogP contribution in [0, 0.1) is 4.77 Å². The zero-order valence-corrected chi connectivity index (χ0v) is 16.6. The van der Waals surface area contributed by atoms with E-state index in [4.69, 9.17) is 23.8 Å². The molecule has 2 N–H and O–H groups in total. The van der Waals surface area contributed by atoms with Crippen LogP contribution < -0.4 is 4.90 Å². The average molecular weight is 402 g/mol. The highest BCUT2D eigenvalue weighted by atomic mass is 35.5. The number of rotatable bonds is 6. The normalized spacial score (nSPS) is 11.2. The van der Waals surface area contributed by atoms with Crippen LogP contribution in [0.1, 0.15) is 19.4 Å². The average Bonchev–Trinajstić information content (AvgIpc) is 3.03. The molecule has 0 aliphatic carbocycles. The number of nitrogens with one attached hydrogen (secondary N) is 1. The third-order valence-electron chi connectivity index (χ3n) is 4.21. The largest absolute Gasteiger partial charge is 0.507 e. The van der Waals surface area contributed by atoms with E-state index < -0.39 is 0 Å². The molecular formula is C19H20ClN5OS. The summed E-state index contributed by atoms with van der Waals surface area (Å²) in [5.74, 6) is 0.721. The van der Waals surface area contributed by atoms with Gasteiger partial charge in [0.25, 0.3) is 0 Å². The van der Waals surface area contributed by atoms with Crippen molar-refractivity contribution in [2.75, 3.05) is 18.0 Å². The van der Waals surface area contributed by atoms with E-state index in [9.17, 15) is 5.11 Å². The quantitative estimate of drug-likeness (QED) is 0.464. The van der Waals surface area contributed by atoms with Crippen molar-refractivity contribution in [1.29, 1.82) is 0 Å². The minimum atomic E-state index is 0.159. The van der Waals surface area contributed by atoms with Gasteiger partial charge in [-0.05, 0) is 62.5 Å². The van der Waals surface area contributed by atoms with Crippen molar-refractivity contribution in [2.45, 2.75) is 13.8 Å². The van der Waals surface area contributed by atoms with E-state index in [1.807, 2.05) is 24.3 Å². The van der Waals surface area contributed by atoms with Crippen LogP contribution in [0.25, 0.3) is 11.4 Å². The summed E-state index contributed by atoms with van der Waals surface area (Å²) in [5, 5.41) is 22.4. The number of H-pyrrole nitrogens is 1. The van der Waals surface area contributed by atoms with Gasteiger partial charge in [0.15, 0.2) is 5.82 Å². The van der Waals surface area contributed by atoms with Gasteiger partial charge in [-0.25, -0.2) is 5.10 Å². The van der Waals surface area contributed by atoms with E-state index in [-0.39, 0.29) is 5.75 Å². The summed E-state index contributed by atoms with van der Waals surface area (Å²) < 4.78 is 1.87. The van der Waals surface area contributed by atoms with Crippen molar-refractivity contribution in [1.82, 2.24) is 14.9 Å². The number of nitrogens with zero attached hydrogens (tertiary/aromatic N) is 4. The summed E-state index contributed by atoms with van der Waals surface area (Å²) in [5.41, 5.74) is 2.39. The molecular weight excluding hydrogens is 382 g/mol. The summed E-state index contributed by atoms with van der Waals surface area (Å²) in [7, 11) is 0. The Balaban J connectivity index is 1.92. The van der Waals surface area contributed by atoms with E-state index in [1.165, 1.54) is 4.68 Å². The van der Waals surface area contributed by atoms with Gasteiger partial charge in [-0.3, -0.25) is 0 Å². The van der Waals surface area contributed by atoms with E-state index >= 15 is 0 Å². The van der Waals surface area contributed by atoms with Crippen molar-refractivity contribution in [2.24, 2.45) is 5.10 Å². The maximum Gasteiger partial charge on any atom is 0.216 e. The summed E-state index contributed by atoms with van der Waals surface area (Å²) in [4.78, 5) is 2.16. The van der Waals surface area contributed by atoms with E-state index in [0.717, 1.165) is 24.3 Å². The first-order valence-electron chi connectivity index (χ1n) is 8.59. The van der Waals surface area contributed by atoms with E-state index in [1.54, 1.807) is 24.4 Å². The molecule has 0 radical (unpaired) electrons. The number of aromatic amines is 1. The van der Waals surface area contributed by atoms with Gasteiger partial charge in [0, 0.05) is 41.0 Å². The molecule has 2 aromatic carbocycles. The fraction of sp³-hybridized carbons (Fsp3) is 0.211. The van der Waals surface area contributed by atoms with Crippen molar-refractivity contribution in [3.63, 3.8) is 0 Å². The zero-order valence-electron chi connectivity index (χ0n) is 15.1. The molecule has 27 heavy (non-hydrogen) atoms. The van der Waals surface area contributed by atoms with Crippen LogP contribution in [0.5, 0.6) is 5.75 Å². The predicted octanol–water partition coefficient (Wildman–Crippen LogP) is 4.70. The number of aromatic hydroxyl groups is 1. The monoisotopic (exact) mass is 401 g/mol. The first-order valence-corrected chi connectivity index (χ1v) is 9.37. The molecule has 140 valence electrons. The third-order valence-corrected chi connectivity index (χ3v) is 4.72. The Hall–Kier alpha value is -2.64. The first kappa shape index (κ1) is 19.1. The second-order valence-corrected chi connectivity index (χ2v) is 6.65. The Morgan fingerprint density at radius 2 is 1.93 bits per heavy atom. The molecule has 0 bridgehead atoms. The Bertz CT molecular complexity index is 1010. The molecule has 6 nitrogen and oxygen atoms in total. The van der Waals surface area contributed by atoms with Gasteiger partial charge in [0.2, 0.25) is 4.77 Å². The highest BCUT2D eigenvalue weighted by molar-refractivity contribution is 7.71. The number of phenolic OH excluding ortho intramolecular Hbond substituents is 1. The lowest BCUT2D eigenvalue weighted by molar-refractivity contribution is 0.474. The molecule has 0 atom stereocenters. The minimum absolute atomic E-state index is 0.159. The van der Waals surface area contributed by atoms with Crippen LogP contribution >= 0.6 is 23.8 Å². The highest BCUT2D eigenvalue weighted by Gasteiger charge is 2.09. The van der Waals surface area contributed by atoms with Crippen LogP contribution in [0.3, 0.4) is 0 Å². The number of halogens is 1. The summed E-state index contributed by atoms with van der Waals surface area (Å²) >= 11 is 11.2. The molecule has 8 heteroatoms. The summed E-state index contributed by atoms with van der Waals surface area (Å²) in [6, 6.07) is 12.8. The van der Waals surface area contributed by atoms with Crippen LogP contribution in [0.2, 0.25) is 5.02 Å².